The van der Waals surface area contributed by atoms with Gasteiger partial charge < -0.3 is 5.11 Å². The van der Waals surface area contributed by atoms with Crippen LogP contribution in [0.2, 0.25) is 0 Å². The number of rotatable bonds is 1. The molecule has 0 radical (unpaired) electrons. The number of aliphatic carboxylic acids is 1. The highest BCUT2D eigenvalue weighted by atomic mass is 19.3. The van der Waals surface area contributed by atoms with Gasteiger partial charge in [-0.3, -0.25) is 0 Å². The molecule has 0 aliphatic carbocycles. The molecule has 0 rings (SSSR count). The summed E-state index contributed by atoms with van der Waals surface area (Å²) in [4.78, 5) is 9.25. The van der Waals surface area contributed by atoms with Crippen molar-refractivity contribution < 1.29 is 27.5 Å². The molecular weight excluding hydrogens is 192 g/mol. The van der Waals surface area contributed by atoms with E-state index in [1.54, 1.807) is 0 Å². The summed E-state index contributed by atoms with van der Waals surface area (Å²) >= 11 is 0. The smallest absolute Gasteiger partial charge is 0.334 e. The van der Waals surface area contributed by atoms with Gasteiger partial charge in [0.2, 0.25) is 0 Å². The second kappa shape index (κ2) is 13.0. The third kappa shape index (κ3) is 37.9. The fourth-order valence-electron chi connectivity index (χ4n) is 0. The fraction of sp³-hybridized carbons (Fsp3) is 0. The zero-order chi connectivity index (χ0) is 11.4. The molecule has 0 unspecified atom stereocenters. The van der Waals surface area contributed by atoms with E-state index in [1.807, 2.05) is 0 Å². The van der Waals surface area contributed by atoms with Crippen LogP contribution >= 0.6 is 0 Å². The van der Waals surface area contributed by atoms with Crippen LogP contribution in [0.1, 0.15) is 0 Å². The van der Waals surface area contributed by atoms with E-state index in [-0.39, 0.29) is 0 Å². The lowest BCUT2D eigenvalue weighted by Gasteiger charge is -1.69. The van der Waals surface area contributed by atoms with Crippen LogP contribution in [0, 0.1) is 0 Å². The number of hydrogen-bond donors (Lipinski definition) is 1. The first-order chi connectivity index (χ1) is 5.91. The topological polar surface area (TPSA) is 37.3 Å². The van der Waals surface area contributed by atoms with Crippen molar-refractivity contribution in [3.8, 4) is 0 Å². The average Bonchev–Trinajstić information content (AvgIpc) is 2.09. The summed E-state index contributed by atoms with van der Waals surface area (Å²) in [5, 5.41) is 7.60. The number of halogens is 4. The van der Waals surface area contributed by atoms with E-state index >= 15 is 0 Å². The summed E-state index contributed by atoms with van der Waals surface area (Å²) in [6.07, 6.45) is -4.98. The summed E-state index contributed by atoms with van der Waals surface area (Å²) in [5.74, 6) is -0.981. The van der Waals surface area contributed by atoms with Crippen LogP contribution in [0.15, 0.2) is 38.0 Å². The molecule has 0 bridgehead atoms. The maximum absolute atomic E-state index is 10.3. The SMILES string of the molecule is C=C.C=CC(=O)O.FC(F)=C(F)F. The van der Waals surface area contributed by atoms with E-state index < -0.39 is 18.1 Å². The molecule has 0 heterocycles. The van der Waals surface area contributed by atoms with Crippen LogP contribution < -0.4 is 0 Å². The van der Waals surface area contributed by atoms with E-state index in [9.17, 15) is 22.4 Å². The first-order valence-electron chi connectivity index (χ1n) is 2.63. The van der Waals surface area contributed by atoms with Crippen LogP contribution in [0.4, 0.5) is 17.6 Å². The Morgan fingerprint density at radius 2 is 1.23 bits per heavy atom. The average molecular weight is 200 g/mol. The monoisotopic (exact) mass is 200 g/mol. The van der Waals surface area contributed by atoms with Gasteiger partial charge in [0, 0.05) is 6.08 Å². The Kier molecular flexibility index (Phi) is 17.5. The molecule has 0 fully saturated rings. The summed E-state index contributed by atoms with van der Waals surface area (Å²) in [7, 11) is 0. The van der Waals surface area contributed by atoms with E-state index in [1.165, 1.54) is 0 Å². The van der Waals surface area contributed by atoms with Crippen molar-refractivity contribution in [3.05, 3.63) is 38.0 Å². The fourth-order valence-corrected chi connectivity index (χ4v) is 0. The molecule has 0 amide bonds. The number of carboxylic acids is 1. The second-order valence-electron chi connectivity index (χ2n) is 1.06. The Morgan fingerprint density at radius 1 is 1.08 bits per heavy atom. The van der Waals surface area contributed by atoms with Gasteiger partial charge in [-0.1, -0.05) is 6.58 Å². The van der Waals surface area contributed by atoms with Crippen molar-refractivity contribution in [1.82, 2.24) is 0 Å². The van der Waals surface area contributed by atoms with Crippen molar-refractivity contribution >= 4 is 5.97 Å². The van der Waals surface area contributed by atoms with Crippen LogP contribution in [0.3, 0.4) is 0 Å². The lowest BCUT2D eigenvalue weighted by atomic mass is 10.7. The van der Waals surface area contributed by atoms with Crippen molar-refractivity contribution in [1.29, 1.82) is 0 Å². The Balaban J connectivity index is -0.000000131. The summed E-state index contributed by atoms with van der Waals surface area (Å²) < 4.78 is 41.1. The first kappa shape index (κ1) is 17.5. The molecule has 0 spiro atoms. The third-order valence-corrected chi connectivity index (χ3v) is 0.317. The van der Waals surface area contributed by atoms with Gasteiger partial charge in [0.15, 0.2) is 0 Å². The number of carbonyl (C=O) groups is 1. The molecule has 0 saturated heterocycles. The minimum atomic E-state index is -2.91. The summed E-state index contributed by atoms with van der Waals surface area (Å²) in [6, 6.07) is 0. The van der Waals surface area contributed by atoms with Crippen molar-refractivity contribution in [3.63, 3.8) is 0 Å². The quantitative estimate of drug-likeness (QED) is 0.401. The predicted molar refractivity (Wildman–Crippen MR) is 40.5 cm³/mol. The number of carboxylic acid groups (broad SMARTS) is 1. The predicted octanol–water partition coefficient (Wildman–Crippen LogP) is 3.05. The Bertz CT molecular complexity index is 171. The molecule has 0 aromatic carbocycles. The Labute approximate surface area is 72.5 Å². The molecule has 0 atom stereocenters. The molecular formula is C7H8F4O2. The largest absolute Gasteiger partial charge is 0.478 e. The standard InChI is InChI=1S/C3H4O2.C2F4.C2H4/c1-2-3(4)5;3-1(4)2(5)6;1-2/h2H,1H2,(H,4,5);;1-2H2. The first-order valence-corrected chi connectivity index (χ1v) is 2.63. The minimum Gasteiger partial charge on any atom is -0.478 e. The molecule has 6 heteroatoms. The van der Waals surface area contributed by atoms with Gasteiger partial charge in [-0.2, -0.15) is 17.6 Å². The molecule has 13 heavy (non-hydrogen) atoms. The van der Waals surface area contributed by atoms with Gasteiger partial charge in [0.1, 0.15) is 0 Å². The molecule has 76 valence electrons. The van der Waals surface area contributed by atoms with Crippen LogP contribution in [0.5, 0.6) is 0 Å². The van der Waals surface area contributed by atoms with E-state index in [0.29, 0.717) is 0 Å². The van der Waals surface area contributed by atoms with Gasteiger partial charge in [0.25, 0.3) is 0 Å². The van der Waals surface area contributed by atoms with E-state index in [4.69, 9.17) is 5.11 Å². The van der Waals surface area contributed by atoms with E-state index in [2.05, 4.69) is 19.7 Å². The zero-order valence-corrected chi connectivity index (χ0v) is 6.57. The van der Waals surface area contributed by atoms with Crippen LogP contribution in [-0.4, -0.2) is 11.1 Å². The second-order valence-corrected chi connectivity index (χ2v) is 1.06. The lowest BCUT2D eigenvalue weighted by molar-refractivity contribution is -0.131. The van der Waals surface area contributed by atoms with Gasteiger partial charge in [-0.25, -0.2) is 4.79 Å². The maximum atomic E-state index is 10.3. The van der Waals surface area contributed by atoms with Crippen LogP contribution in [0.25, 0.3) is 0 Å². The molecule has 0 saturated carbocycles. The van der Waals surface area contributed by atoms with Crippen molar-refractivity contribution in [2.24, 2.45) is 0 Å². The highest BCUT2D eigenvalue weighted by Crippen LogP contribution is 2.08. The van der Waals surface area contributed by atoms with E-state index in [0.717, 1.165) is 6.08 Å². The molecule has 0 aromatic heterocycles. The number of hydrogen-bond acceptors (Lipinski definition) is 1. The normalized spacial score (nSPS) is 6.46. The van der Waals surface area contributed by atoms with Gasteiger partial charge in [-0.05, 0) is 0 Å². The lowest BCUT2D eigenvalue weighted by Crippen LogP contribution is -1.82. The Hall–Kier alpha value is -1.59. The third-order valence-electron chi connectivity index (χ3n) is 0.317. The molecule has 0 aliphatic rings. The highest BCUT2D eigenvalue weighted by molar-refractivity contribution is 5.78. The molecule has 0 aliphatic heterocycles. The highest BCUT2D eigenvalue weighted by Gasteiger charge is 1.98. The van der Waals surface area contributed by atoms with Crippen LogP contribution in [-0.2, 0) is 4.79 Å². The van der Waals surface area contributed by atoms with Gasteiger partial charge in [-0.15, -0.1) is 13.2 Å². The van der Waals surface area contributed by atoms with Crippen molar-refractivity contribution in [2.45, 2.75) is 0 Å². The van der Waals surface area contributed by atoms with Crippen molar-refractivity contribution in [2.75, 3.05) is 0 Å². The maximum Gasteiger partial charge on any atom is 0.334 e. The molecule has 2 nitrogen and oxygen atoms in total. The molecule has 0 aromatic rings. The Morgan fingerprint density at radius 3 is 1.23 bits per heavy atom. The zero-order valence-electron chi connectivity index (χ0n) is 6.57. The molecule has 1 N–H and O–H groups in total. The minimum absolute atomic E-state index is 0.833. The van der Waals surface area contributed by atoms with Gasteiger partial charge in [0.05, 0.1) is 0 Å². The van der Waals surface area contributed by atoms with Gasteiger partial charge >= 0.3 is 18.1 Å². The summed E-state index contributed by atoms with van der Waals surface area (Å²) in [6.45, 7) is 8.96. The summed E-state index contributed by atoms with van der Waals surface area (Å²) in [5.41, 5.74) is 0.